The van der Waals surface area contributed by atoms with Gasteiger partial charge in [0.25, 0.3) is 5.91 Å². The van der Waals surface area contributed by atoms with Gasteiger partial charge in [-0.2, -0.15) is 4.99 Å². The number of carbonyl (C=O) groups is 3. The van der Waals surface area contributed by atoms with E-state index in [4.69, 9.17) is 14.5 Å². The van der Waals surface area contributed by atoms with Gasteiger partial charge in [-0.05, 0) is 43.2 Å². The molecule has 2 aliphatic heterocycles. The molecule has 43 heavy (non-hydrogen) atoms. The Hall–Kier alpha value is -4.64. The van der Waals surface area contributed by atoms with Gasteiger partial charge in [-0.3, -0.25) is 19.3 Å². The van der Waals surface area contributed by atoms with Crippen molar-refractivity contribution in [3.8, 4) is 11.5 Å². The number of para-hydroxylation sites is 4. The third kappa shape index (κ3) is 6.56. The van der Waals surface area contributed by atoms with Crippen LogP contribution in [0.4, 0.5) is 11.4 Å². The number of amidine groups is 2. The van der Waals surface area contributed by atoms with Crippen molar-refractivity contribution < 1.29 is 23.9 Å². The maximum atomic E-state index is 13.4. The topological polar surface area (TPSA) is 122 Å². The number of hydrogen-bond donors (Lipinski definition) is 2. The Kier molecular flexibility index (Phi) is 9.41. The molecule has 10 nitrogen and oxygen atoms in total. The Morgan fingerprint density at radius 1 is 0.953 bits per heavy atom. The van der Waals surface area contributed by atoms with Crippen LogP contribution < -0.4 is 20.1 Å². The zero-order valence-electron chi connectivity index (χ0n) is 24.2. The second-order valence-corrected chi connectivity index (χ2v) is 11.1. The number of thioether (sulfide) groups is 1. The first-order valence-electron chi connectivity index (χ1n) is 14.0. The zero-order chi connectivity index (χ0) is 30.3. The van der Waals surface area contributed by atoms with Gasteiger partial charge in [0.1, 0.15) is 23.4 Å². The highest BCUT2D eigenvalue weighted by Gasteiger charge is 2.42. The molecule has 222 valence electrons. The van der Waals surface area contributed by atoms with Gasteiger partial charge < -0.3 is 20.1 Å². The summed E-state index contributed by atoms with van der Waals surface area (Å²) >= 11 is 1.27. The van der Waals surface area contributed by atoms with Crippen LogP contribution in [0, 0.1) is 0 Å². The van der Waals surface area contributed by atoms with Crippen molar-refractivity contribution in [1.82, 2.24) is 10.2 Å². The molecule has 3 aromatic carbocycles. The lowest BCUT2D eigenvalue weighted by Gasteiger charge is -2.32. The van der Waals surface area contributed by atoms with Crippen LogP contribution in [-0.4, -0.2) is 59.1 Å². The first-order valence-corrected chi connectivity index (χ1v) is 14.9. The van der Waals surface area contributed by atoms with Crippen LogP contribution in [0.3, 0.4) is 0 Å². The van der Waals surface area contributed by atoms with Crippen LogP contribution in [0.5, 0.6) is 11.5 Å². The van der Waals surface area contributed by atoms with Crippen molar-refractivity contribution in [2.75, 3.05) is 19.5 Å². The molecule has 2 unspecified atom stereocenters. The van der Waals surface area contributed by atoms with Gasteiger partial charge in [-0.25, -0.2) is 4.99 Å². The summed E-state index contributed by atoms with van der Waals surface area (Å²) in [4.78, 5) is 50.5. The van der Waals surface area contributed by atoms with Gasteiger partial charge in [0.2, 0.25) is 11.8 Å². The van der Waals surface area contributed by atoms with E-state index in [1.165, 1.54) is 11.8 Å². The molecule has 0 fully saturated rings. The fraction of sp³-hybridized carbons (Fsp3) is 0.281. The molecule has 2 N–H and O–H groups in total. The quantitative estimate of drug-likeness (QED) is 0.321. The number of nitrogens with zero attached hydrogens (tertiary/aromatic N) is 3. The summed E-state index contributed by atoms with van der Waals surface area (Å²) < 4.78 is 10.8. The first kappa shape index (κ1) is 29.8. The lowest BCUT2D eigenvalue weighted by molar-refractivity contribution is -0.122. The van der Waals surface area contributed by atoms with Gasteiger partial charge in [0.15, 0.2) is 5.17 Å². The second kappa shape index (κ2) is 13.6. The summed E-state index contributed by atoms with van der Waals surface area (Å²) in [6.07, 6.45) is 0.849. The molecule has 5 rings (SSSR count). The number of aliphatic imine (C=N–C) groups is 2. The summed E-state index contributed by atoms with van der Waals surface area (Å²) in [6.45, 7) is 2.23. The number of amides is 3. The van der Waals surface area contributed by atoms with E-state index in [0.717, 1.165) is 11.1 Å². The number of rotatable bonds is 11. The molecule has 11 heteroatoms. The van der Waals surface area contributed by atoms with Crippen molar-refractivity contribution in [3.05, 3.63) is 83.9 Å². The van der Waals surface area contributed by atoms with E-state index in [0.29, 0.717) is 46.8 Å². The Balaban J connectivity index is 1.32. The lowest BCUT2D eigenvalue weighted by atomic mass is 10.1. The van der Waals surface area contributed by atoms with Crippen molar-refractivity contribution >= 4 is 51.9 Å². The highest BCUT2D eigenvalue weighted by atomic mass is 32.2. The van der Waals surface area contributed by atoms with Crippen LogP contribution in [-0.2, 0) is 20.9 Å². The van der Waals surface area contributed by atoms with Crippen LogP contribution in [0.1, 0.15) is 37.3 Å². The van der Waals surface area contributed by atoms with E-state index < -0.39 is 11.3 Å². The molecule has 3 amide bonds. The third-order valence-corrected chi connectivity index (χ3v) is 8.53. The van der Waals surface area contributed by atoms with E-state index >= 15 is 0 Å². The van der Waals surface area contributed by atoms with Gasteiger partial charge in [0, 0.05) is 24.1 Å². The molecule has 0 radical (unpaired) electrons. The number of nitrogens with one attached hydrogen (secondary N) is 2. The third-order valence-electron chi connectivity index (χ3n) is 7.20. The van der Waals surface area contributed by atoms with Gasteiger partial charge in [-0.1, -0.05) is 61.2 Å². The number of carbonyl (C=O) groups excluding carboxylic acids is 3. The molecule has 0 aromatic heterocycles. The highest BCUT2D eigenvalue weighted by Crippen LogP contribution is 2.37. The van der Waals surface area contributed by atoms with Gasteiger partial charge in [-0.15, -0.1) is 0 Å². The molecule has 0 bridgehead atoms. The number of methoxy groups -OCH3 is 2. The molecule has 2 heterocycles. The molecule has 0 aliphatic carbocycles. The second-order valence-electron chi connectivity index (χ2n) is 9.90. The summed E-state index contributed by atoms with van der Waals surface area (Å²) in [5.74, 6) is 0.981. The van der Waals surface area contributed by atoms with E-state index in [-0.39, 0.29) is 30.6 Å². The maximum Gasteiger partial charge on any atom is 0.270 e. The predicted octanol–water partition coefficient (Wildman–Crippen LogP) is 4.91. The predicted molar refractivity (Wildman–Crippen MR) is 168 cm³/mol. The van der Waals surface area contributed by atoms with E-state index in [2.05, 4.69) is 15.6 Å². The Morgan fingerprint density at radius 3 is 2.42 bits per heavy atom. The van der Waals surface area contributed by atoms with Gasteiger partial charge >= 0.3 is 0 Å². The standard InChI is InChI=1S/C32H33N5O5S/c1-4-27(31(40)34-23-14-8-10-16-26(23)42-3)43-32-35-22-13-7-6-12-21(22)29-36-30(39)24(37(29)32)17-18-28(38)33-19-20-11-5-9-15-25(20)41-2/h5-16,24,27H,4,17-19H2,1-3H3,(H,33,38)(H,34,40). The minimum Gasteiger partial charge on any atom is -0.496 e. The summed E-state index contributed by atoms with van der Waals surface area (Å²) in [7, 11) is 3.14. The van der Waals surface area contributed by atoms with Gasteiger partial charge in [0.05, 0.1) is 30.8 Å². The van der Waals surface area contributed by atoms with Crippen LogP contribution >= 0.6 is 11.8 Å². The Bertz CT molecular complexity index is 1590. The van der Waals surface area contributed by atoms with Crippen molar-refractivity contribution in [1.29, 1.82) is 0 Å². The molecule has 0 saturated heterocycles. The SMILES string of the molecule is CCC(SC1=Nc2ccccc2C2=NC(=O)C(CCC(=O)NCc3ccccc3OC)N12)C(=O)Nc1ccccc1OC. The van der Waals surface area contributed by atoms with Crippen molar-refractivity contribution in [2.24, 2.45) is 9.98 Å². The fourth-order valence-electron chi connectivity index (χ4n) is 4.97. The number of hydrogen-bond acceptors (Lipinski definition) is 8. The highest BCUT2D eigenvalue weighted by molar-refractivity contribution is 8.15. The fourth-order valence-corrected chi connectivity index (χ4v) is 6.03. The number of anilines is 1. The Morgan fingerprint density at radius 2 is 1.65 bits per heavy atom. The minimum absolute atomic E-state index is 0.107. The monoisotopic (exact) mass is 599 g/mol. The van der Waals surface area contributed by atoms with E-state index in [9.17, 15) is 14.4 Å². The van der Waals surface area contributed by atoms with Crippen LogP contribution in [0.15, 0.2) is 82.8 Å². The molecular weight excluding hydrogens is 566 g/mol. The molecule has 2 aliphatic rings. The van der Waals surface area contributed by atoms with Crippen LogP contribution in [0.2, 0.25) is 0 Å². The molecule has 2 atom stereocenters. The van der Waals surface area contributed by atoms with Crippen LogP contribution in [0.25, 0.3) is 0 Å². The molecule has 3 aromatic rings. The average molecular weight is 600 g/mol. The Labute approximate surface area is 254 Å². The number of fused-ring (bicyclic) bond motifs is 3. The zero-order valence-corrected chi connectivity index (χ0v) is 25.0. The minimum atomic E-state index is -0.721. The molecule has 0 spiro atoms. The normalized spacial score (nSPS) is 15.9. The number of ether oxygens (including phenoxy) is 2. The largest absolute Gasteiger partial charge is 0.496 e. The van der Waals surface area contributed by atoms with E-state index in [1.54, 1.807) is 31.3 Å². The molecular formula is C32H33N5O5S. The first-order chi connectivity index (χ1) is 20.9. The van der Waals surface area contributed by atoms with E-state index in [1.807, 2.05) is 67.6 Å². The van der Waals surface area contributed by atoms with Crippen molar-refractivity contribution in [2.45, 2.75) is 44.0 Å². The summed E-state index contributed by atoms with van der Waals surface area (Å²) in [5.41, 5.74) is 2.83. The lowest BCUT2D eigenvalue weighted by Crippen LogP contribution is -2.45. The maximum absolute atomic E-state index is 13.4. The molecule has 0 saturated carbocycles. The summed E-state index contributed by atoms with van der Waals surface area (Å²) in [5, 5.41) is 5.85. The summed E-state index contributed by atoms with van der Waals surface area (Å²) in [6, 6.07) is 21.4. The number of benzene rings is 3. The van der Waals surface area contributed by atoms with Crippen molar-refractivity contribution in [3.63, 3.8) is 0 Å². The average Bonchev–Trinajstić information content (AvgIpc) is 3.37. The smallest absolute Gasteiger partial charge is 0.270 e.